The van der Waals surface area contributed by atoms with E-state index in [1.165, 1.54) is 58.6 Å². The van der Waals surface area contributed by atoms with Gasteiger partial charge in [-0.1, -0.05) is 18.2 Å². The fraction of sp³-hybridized carbons (Fsp3) is 0.286. The Balaban J connectivity index is 1.21. The average molecular weight is 448 g/mol. The highest BCUT2D eigenvalue weighted by Gasteiger charge is 2.31. The molecule has 5 rings (SSSR count). The number of rotatable bonds is 7. The largest absolute Gasteiger partial charge is 0.361 e. The predicted octanol–water partition coefficient (Wildman–Crippen LogP) is 2.95. The van der Waals surface area contributed by atoms with Crippen molar-refractivity contribution in [2.45, 2.75) is 18.9 Å². The number of hydrogen-bond acceptors (Lipinski definition) is 0. The van der Waals surface area contributed by atoms with Crippen LogP contribution in [0.1, 0.15) is 29.2 Å². The van der Waals surface area contributed by atoms with Crippen molar-refractivity contribution in [3.63, 3.8) is 0 Å². The molecule has 0 bridgehead atoms. The smallest absolute Gasteiger partial charge is 0.139 e. The topological polar surface area (TPSA) is 24.7 Å². The fourth-order valence-corrected chi connectivity index (χ4v) is 5.30. The van der Waals surface area contributed by atoms with E-state index in [4.69, 9.17) is 0 Å². The van der Waals surface area contributed by atoms with E-state index >= 15 is 0 Å². The Kier molecular flexibility index (Phi) is 6.51. The Morgan fingerprint density at radius 1 is 0.758 bits per heavy atom. The van der Waals surface area contributed by atoms with Gasteiger partial charge in [0, 0.05) is 34.6 Å². The number of benzene rings is 3. The highest BCUT2D eigenvalue weighted by Crippen LogP contribution is 2.21. The summed E-state index contributed by atoms with van der Waals surface area (Å²) in [4.78, 5) is 6.49. The van der Waals surface area contributed by atoms with E-state index in [0.29, 0.717) is 0 Å². The van der Waals surface area contributed by atoms with Crippen molar-refractivity contribution in [3.05, 3.63) is 107 Å². The molecule has 170 valence electrons. The Morgan fingerprint density at radius 3 is 2.00 bits per heavy atom. The molecular formula is C28H31F2N3+2. The summed E-state index contributed by atoms with van der Waals surface area (Å²) in [7, 11) is 0. The van der Waals surface area contributed by atoms with Crippen LogP contribution in [0.3, 0.4) is 0 Å². The van der Waals surface area contributed by atoms with Gasteiger partial charge in [0.15, 0.2) is 0 Å². The zero-order valence-corrected chi connectivity index (χ0v) is 18.8. The molecule has 0 amide bonds. The lowest BCUT2D eigenvalue weighted by molar-refractivity contribution is -1.02. The maximum atomic E-state index is 13.5. The standard InChI is InChI=1S/C28H29F2N3/c29-24-11-7-21(8-12-24)28(22-9-13-25(30)14-10-22)33-18-16-32(17-19-33)15-3-4-23-20-31-27-6-2-1-5-26(23)27/h1-2,5-14,20,28,31H,3-4,15-19H2/p+2. The van der Waals surface area contributed by atoms with Gasteiger partial charge in [0.05, 0.1) is 6.54 Å². The van der Waals surface area contributed by atoms with E-state index in [1.54, 1.807) is 4.90 Å². The van der Waals surface area contributed by atoms with Crippen LogP contribution in [0, 0.1) is 11.6 Å². The van der Waals surface area contributed by atoms with Gasteiger partial charge in [-0.05, 0) is 66.6 Å². The van der Waals surface area contributed by atoms with Crippen molar-refractivity contribution in [1.29, 1.82) is 0 Å². The quantitative estimate of drug-likeness (QED) is 0.388. The van der Waals surface area contributed by atoms with E-state index < -0.39 is 0 Å². The normalized spacial score (nSPS) is 18.8. The molecule has 1 saturated heterocycles. The Labute approximate surface area is 193 Å². The molecule has 3 N–H and O–H groups in total. The van der Waals surface area contributed by atoms with E-state index in [0.717, 1.165) is 43.7 Å². The van der Waals surface area contributed by atoms with E-state index in [2.05, 4.69) is 35.4 Å². The third kappa shape index (κ3) is 5.00. The van der Waals surface area contributed by atoms with Crippen LogP contribution in [-0.4, -0.2) is 37.7 Å². The molecule has 1 aliphatic rings. The number of quaternary nitrogens is 2. The maximum Gasteiger partial charge on any atom is 0.139 e. The molecule has 3 aromatic carbocycles. The lowest BCUT2D eigenvalue weighted by Crippen LogP contribution is -3.28. The first-order valence-corrected chi connectivity index (χ1v) is 11.9. The predicted molar refractivity (Wildman–Crippen MR) is 128 cm³/mol. The van der Waals surface area contributed by atoms with Gasteiger partial charge < -0.3 is 14.8 Å². The van der Waals surface area contributed by atoms with Crippen LogP contribution in [-0.2, 0) is 6.42 Å². The average Bonchev–Trinajstić information content (AvgIpc) is 3.26. The zero-order chi connectivity index (χ0) is 22.6. The Morgan fingerprint density at radius 2 is 1.36 bits per heavy atom. The first-order chi connectivity index (χ1) is 16.2. The Bertz CT molecular complexity index is 1130. The summed E-state index contributed by atoms with van der Waals surface area (Å²) in [6.07, 6.45) is 4.42. The van der Waals surface area contributed by atoms with Crippen LogP contribution in [0.4, 0.5) is 8.78 Å². The number of aromatic amines is 1. The van der Waals surface area contributed by atoms with Crippen LogP contribution in [0.25, 0.3) is 10.9 Å². The third-order valence-corrected chi connectivity index (χ3v) is 7.07. The summed E-state index contributed by atoms with van der Waals surface area (Å²) in [5.41, 5.74) is 4.79. The summed E-state index contributed by atoms with van der Waals surface area (Å²) in [6, 6.07) is 22.2. The molecule has 0 aliphatic carbocycles. The number of aromatic nitrogens is 1. The van der Waals surface area contributed by atoms with Crippen molar-refractivity contribution in [1.82, 2.24) is 4.98 Å². The number of aryl methyl sites for hydroxylation is 1. The van der Waals surface area contributed by atoms with Crippen molar-refractivity contribution < 1.29 is 18.6 Å². The molecule has 1 fully saturated rings. The van der Waals surface area contributed by atoms with Gasteiger partial charge in [0.2, 0.25) is 0 Å². The molecule has 2 heterocycles. The number of hydrogen-bond donors (Lipinski definition) is 3. The summed E-state index contributed by atoms with van der Waals surface area (Å²) < 4.78 is 27.1. The zero-order valence-electron chi connectivity index (χ0n) is 18.8. The van der Waals surface area contributed by atoms with Crippen molar-refractivity contribution in [2.24, 2.45) is 0 Å². The van der Waals surface area contributed by atoms with Crippen LogP contribution in [0.15, 0.2) is 79.0 Å². The second-order valence-corrected chi connectivity index (χ2v) is 9.16. The van der Waals surface area contributed by atoms with Gasteiger partial charge in [-0.15, -0.1) is 0 Å². The first kappa shape index (κ1) is 21.8. The van der Waals surface area contributed by atoms with Crippen LogP contribution >= 0.6 is 0 Å². The second kappa shape index (κ2) is 9.86. The molecule has 1 aliphatic heterocycles. The van der Waals surface area contributed by atoms with Gasteiger partial charge in [0.25, 0.3) is 0 Å². The molecule has 33 heavy (non-hydrogen) atoms. The molecule has 1 aromatic heterocycles. The molecule has 0 spiro atoms. The molecule has 3 nitrogen and oxygen atoms in total. The minimum absolute atomic E-state index is 0.0963. The summed E-state index contributed by atoms with van der Waals surface area (Å²) in [5, 5.41) is 1.34. The Hall–Kier alpha value is -3.02. The van der Waals surface area contributed by atoms with Crippen LogP contribution in [0.2, 0.25) is 0 Å². The molecule has 0 saturated carbocycles. The highest BCUT2D eigenvalue weighted by atomic mass is 19.1. The number of halogens is 2. The molecule has 0 atom stereocenters. The molecule has 0 unspecified atom stereocenters. The highest BCUT2D eigenvalue weighted by molar-refractivity contribution is 5.82. The number of nitrogens with one attached hydrogen (secondary N) is 3. The number of fused-ring (bicyclic) bond motifs is 1. The number of piperazine rings is 1. The first-order valence-electron chi connectivity index (χ1n) is 11.9. The summed E-state index contributed by atoms with van der Waals surface area (Å²) in [5.74, 6) is -0.452. The summed E-state index contributed by atoms with van der Waals surface area (Å²) in [6.45, 7) is 5.48. The van der Waals surface area contributed by atoms with Crippen LogP contribution < -0.4 is 9.80 Å². The maximum absolute atomic E-state index is 13.5. The van der Waals surface area contributed by atoms with Crippen molar-refractivity contribution in [3.8, 4) is 0 Å². The third-order valence-electron chi connectivity index (χ3n) is 7.07. The van der Waals surface area contributed by atoms with Gasteiger partial charge >= 0.3 is 0 Å². The monoisotopic (exact) mass is 447 g/mol. The van der Waals surface area contributed by atoms with Gasteiger partial charge in [-0.2, -0.15) is 0 Å². The second-order valence-electron chi connectivity index (χ2n) is 9.16. The summed E-state index contributed by atoms with van der Waals surface area (Å²) >= 11 is 0. The minimum Gasteiger partial charge on any atom is -0.361 e. The van der Waals surface area contributed by atoms with Gasteiger partial charge in [-0.25, -0.2) is 8.78 Å². The van der Waals surface area contributed by atoms with E-state index in [9.17, 15) is 8.78 Å². The van der Waals surface area contributed by atoms with Crippen molar-refractivity contribution in [2.75, 3.05) is 32.7 Å². The number of H-pyrrole nitrogens is 1. The van der Waals surface area contributed by atoms with E-state index in [-0.39, 0.29) is 17.7 Å². The number of para-hydroxylation sites is 1. The van der Waals surface area contributed by atoms with Crippen LogP contribution in [0.5, 0.6) is 0 Å². The van der Waals surface area contributed by atoms with E-state index in [1.807, 2.05) is 24.3 Å². The molecule has 4 aromatic rings. The lowest BCUT2D eigenvalue weighted by Gasteiger charge is -2.35. The SMILES string of the molecule is Fc1ccc(C(c2ccc(F)cc2)[NH+]2CC[NH+](CCCc3c[nH]c4ccccc34)CC2)cc1. The van der Waals surface area contributed by atoms with Crippen molar-refractivity contribution >= 4 is 10.9 Å². The van der Waals surface area contributed by atoms with Gasteiger partial charge in [0.1, 0.15) is 43.9 Å². The molecule has 0 radical (unpaired) electrons. The molecule has 5 heteroatoms. The lowest BCUT2D eigenvalue weighted by atomic mass is 9.96. The minimum atomic E-state index is -0.226. The van der Waals surface area contributed by atoms with Gasteiger partial charge in [-0.3, -0.25) is 0 Å². The molecular weight excluding hydrogens is 416 g/mol. The fourth-order valence-electron chi connectivity index (χ4n) is 5.30.